The number of hydrogen-bond acceptors (Lipinski definition) is 3. The number of halogens is 1. The third-order valence-electron chi connectivity index (χ3n) is 2.89. The monoisotopic (exact) mass is 268 g/mol. The second-order valence-corrected chi connectivity index (χ2v) is 4.84. The fourth-order valence-electron chi connectivity index (χ4n) is 2.00. The lowest BCUT2D eigenvalue weighted by atomic mass is 10.3. The molecule has 1 aliphatic carbocycles. The number of nitrogens with one attached hydrogen (secondary N) is 2. The maximum atomic E-state index is 11.6. The molecule has 0 bridgehead atoms. The van der Waals surface area contributed by atoms with Gasteiger partial charge >= 0.3 is 0 Å². The molecule has 0 saturated heterocycles. The van der Waals surface area contributed by atoms with E-state index in [1.54, 1.807) is 24.3 Å². The van der Waals surface area contributed by atoms with Crippen LogP contribution in [0.25, 0.3) is 0 Å². The van der Waals surface area contributed by atoms with E-state index in [0.29, 0.717) is 10.7 Å². The number of rotatable bonds is 5. The van der Waals surface area contributed by atoms with Crippen molar-refractivity contribution >= 4 is 23.2 Å². The molecule has 0 atom stereocenters. The molecule has 2 rings (SSSR count). The highest BCUT2D eigenvalue weighted by Gasteiger charge is 2.15. The van der Waals surface area contributed by atoms with Crippen molar-refractivity contribution in [3.05, 3.63) is 29.3 Å². The van der Waals surface area contributed by atoms with Crippen LogP contribution < -0.4 is 10.8 Å². The second kappa shape index (κ2) is 6.73. The number of anilines is 1. The molecule has 0 aromatic heterocycles. The van der Waals surface area contributed by atoms with Gasteiger partial charge in [0.05, 0.1) is 6.10 Å². The van der Waals surface area contributed by atoms with E-state index in [1.165, 1.54) is 12.8 Å². The lowest BCUT2D eigenvalue weighted by Gasteiger charge is -2.11. The Morgan fingerprint density at radius 2 is 2.17 bits per heavy atom. The fourth-order valence-corrected chi connectivity index (χ4v) is 2.19. The molecule has 1 aromatic carbocycles. The summed E-state index contributed by atoms with van der Waals surface area (Å²) in [5.41, 5.74) is 3.41. The Balaban J connectivity index is 1.68. The molecule has 0 unspecified atom stereocenters. The second-order valence-electron chi connectivity index (χ2n) is 4.40. The zero-order chi connectivity index (χ0) is 12.8. The zero-order valence-electron chi connectivity index (χ0n) is 10.1. The van der Waals surface area contributed by atoms with E-state index >= 15 is 0 Å². The average molecular weight is 269 g/mol. The molecule has 0 aliphatic heterocycles. The predicted octanol–water partition coefficient (Wildman–Crippen LogP) is 2.74. The van der Waals surface area contributed by atoms with E-state index in [9.17, 15) is 4.79 Å². The van der Waals surface area contributed by atoms with Gasteiger partial charge in [0.25, 0.3) is 0 Å². The highest BCUT2D eigenvalue weighted by Crippen LogP contribution is 2.19. The molecule has 98 valence electrons. The van der Waals surface area contributed by atoms with Crippen molar-refractivity contribution in [1.29, 1.82) is 0 Å². The van der Waals surface area contributed by atoms with E-state index in [0.717, 1.165) is 12.8 Å². The summed E-state index contributed by atoms with van der Waals surface area (Å²) in [4.78, 5) is 17.0. The van der Waals surface area contributed by atoms with Crippen molar-refractivity contribution in [3.63, 3.8) is 0 Å². The highest BCUT2D eigenvalue weighted by atomic mass is 35.5. The Labute approximate surface area is 112 Å². The Hall–Kier alpha value is -1.10. The maximum absolute atomic E-state index is 11.6. The first-order chi connectivity index (χ1) is 8.74. The van der Waals surface area contributed by atoms with Crippen LogP contribution in [0.5, 0.6) is 0 Å². The topological polar surface area (TPSA) is 50.4 Å². The highest BCUT2D eigenvalue weighted by molar-refractivity contribution is 6.30. The molecule has 0 heterocycles. The van der Waals surface area contributed by atoms with Gasteiger partial charge in [0.15, 0.2) is 0 Å². The van der Waals surface area contributed by atoms with E-state index in [2.05, 4.69) is 10.8 Å². The Kier molecular flexibility index (Phi) is 4.99. The number of carbonyl (C=O) groups is 1. The minimum Gasteiger partial charge on any atom is -0.325 e. The van der Waals surface area contributed by atoms with Crippen LogP contribution in [0.3, 0.4) is 0 Å². The molecule has 1 amide bonds. The number of hydrogen-bond donors (Lipinski definition) is 2. The number of benzene rings is 1. The summed E-state index contributed by atoms with van der Waals surface area (Å²) in [6, 6.07) is 7.05. The lowest BCUT2D eigenvalue weighted by Crippen LogP contribution is -2.31. The molecule has 1 aliphatic rings. The van der Waals surface area contributed by atoms with Gasteiger partial charge in [0, 0.05) is 10.7 Å². The van der Waals surface area contributed by atoms with Gasteiger partial charge in [0.1, 0.15) is 6.54 Å². The molecule has 0 spiro atoms. The Bertz CT molecular complexity index is 406. The predicted molar refractivity (Wildman–Crippen MR) is 71.4 cm³/mol. The minimum absolute atomic E-state index is 0.142. The molecular formula is C13H17ClN2O2. The fraction of sp³-hybridized carbons (Fsp3) is 0.462. The van der Waals surface area contributed by atoms with Crippen molar-refractivity contribution in [2.75, 3.05) is 11.9 Å². The Morgan fingerprint density at radius 3 is 2.89 bits per heavy atom. The summed E-state index contributed by atoms with van der Waals surface area (Å²) in [5, 5.41) is 3.34. The van der Waals surface area contributed by atoms with Crippen LogP contribution in [0, 0.1) is 0 Å². The standard InChI is InChI=1S/C13H17ClN2O2/c14-10-4-3-5-11(8-10)16-13(17)9-15-18-12-6-1-2-7-12/h3-5,8,12,15H,1-2,6-7,9H2,(H,16,17). The van der Waals surface area contributed by atoms with Crippen LogP contribution in [0.4, 0.5) is 5.69 Å². The normalized spacial score (nSPS) is 15.8. The maximum Gasteiger partial charge on any atom is 0.240 e. The smallest absolute Gasteiger partial charge is 0.240 e. The minimum atomic E-state index is -0.143. The molecule has 0 radical (unpaired) electrons. The molecule has 1 fully saturated rings. The van der Waals surface area contributed by atoms with Gasteiger partial charge in [-0.15, -0.1) is 0 Å². The van der Waals surface area contributed by atoms with Crippen LogP contribution in [-0.2, 0) is 9.63 Å². The lowest BCUT2D eigenvalue weighted by molar-refractivity contribution is -0.119. The van der Waals surface area contributed by atoms with Gasteiger partial charge in [-0.3, -0.25) is 9.63 Å². The van der Waals surface area contributed by atoms with Crippen LogP contribution in [-0.4, -0.2) is 18.6 Å². The summed E-state index contributed by atoms with van der Waals surface area (Å²) < 4.78 is 0. The van der Waals surface area contributed by atoms with E-state index in [4.69, 9.17) is 16.4 Å². The van der Waals surface area contributed by atoms with E-state index < -0.39 is 0 Å². The van der Waals surface area contributed by atoms with Crippen LogP contribution >= 0.6 is 11.6 Å². The van der Waals surface area contributed by atoms with Gasteiger partial charge in [-0.2, -0.15) is 5.48 Å². The SMILES string of the molecule is O=C(CNOC1CCCC1)Nc1cccc(Cl)c1. The molecule has 4 nitrogen and oxygen atoms in total. The van der Waals surface area contributed by atoms with Crippen molar-refractivity contribution in [3.8, 4) is 0 Å². The first-order valence-corrected chi connectivity index (χ1v) is 6.56. The number of hydroxylamine groups is 1. The quantitative estimate of drug-likeness (QED) is 0.808. The molecule has 18 heavy (non-hydrogen) atoms. The zero-order valence-corrected chi connectivity index (χ0v) is 10.9. The van der Waals surface area contributed by atoms with Crippen molar-refractivity contribution < 1.29 is 9.63 Å². The van der Waals surface area contributed by atoms with E-state index in [-0.39, 0.29) is 18.6 Å². The van der Waals surface area contributed by atoms with Crippen molar-refractivity contribution in [2.24, 2.45) is 0 Å². The molecule has 2 N–H and O–H groups in total. The molecule has 5 heteroatoms. The van der Waals surface area contributed by atoms with Gasteiger partial charge in [0.2, 0.25) is 5.91 Å². The van der Waals surface area contributed by atoms with Gasteiger partial charge in [-0.1, -0.05) is 30.5 Å². The third-order valence-corrected chi connectivity index (χ3v) is 3.13. The molecular weight excluding hydrogens is 252 g/mol. The molecule has 1 saturated carbocycles. The van der Waals surface area contributed by atoms with Gasteiger partial charge in [-0.05, 0) is 31.0 Å². The van der Waals surface area contributed by atoms with Gasteiger partial charge in [-0.25, -0.2) is 0 Å². The van der Waals surface area contributed by atoms with Crippen molar-refractivity contribution in [1.82, 2.24) is 5.48 Å². The van der Waals surface area contributed by atoms with Crippen molar-refractivity contribution in [2.45, 2.75) is 31.8 Å². The van der Waals surface area contributed by atoms with Crippen LogP contribution in [0.1, 0.15) is 25.7 Å². The van der Waals surface area contributed by atoms with E-state index in [1.807, 2.05) is 0 Å². The van der Waals surface area contributed by atoms with Crippen LogP contribution in [0.15, 0.2) is 24.3 Å². The summed E-state index contributed by atoms with van der Waals surface area (Å²) >= 11 is 5.83. The average Bonchev–Trinajstić information content (AvgIpc) is 2.82. The third kappa shape index (κ3) is 4.29. The first-order valence-electron chi connectivity index (χ1n) is 6.18. The van der Waals surface area contributed by atoms with Crippen LogP contribution in [0.2, 0.25) is 5.02 Å². The largest absolute Gasteiger partial charge is 0.325 e. The Morgan fingerprint density at radius 1 is 1.39 bits per heavy atom. The number of amides is 1. The summed E-state index contributed by atoms with van der Waals surface area (Å²) in [7, 11) is 0. The summed E-state index contributed by atoms with van der Waals surface area (Å²) in [5.74, 6) is -0.143. The summed E-state index contributed by atoms with van der Waals surface area (Å²) in [6.45, 7) is 0.142. The van der Waals surface area contributed by atoms with Gasteiger partial charge < -0.3 is 5.32 Å². The number of carbonyl (C=O) groups excluding carboxylic acids is 1. The first kappa shape index (κ1) is 13.3. The summed E-state index contributed by atoms with van der Waals surface area (Å²) in [6.07, 6.45) is 4.82. The molecule has 1 aromatic rings.